The number of hydrogen-bond acceptors (Lipinski definition) is 5. The molecule has 2 atom stereocenters. The van der Waals surface area contributed by atoms with Crippen LogP contribution in [0, 0.1) is 11.3 Å². The van der Waals surface area contributed by atoms with E-state index in [1.807, 2.05) is 13.8 Å². The van der Waals surface area contributed by atoms with E-state index in [0.717, 1.165) is 5.56 Å². The Kier molecular flexibility index (Phi) is 8.63. The van der Waals surface area contributed by atoms with Crippen molar-refractivity contribution in [2.45, 2.75) is 56.6 Å². The zero-order valence-electron chi connectivity index (χ0n) is 20.0. The highest BCUT2D eigenvalue weighted by atomic mass is 32.2. The van der Waals surface area contributed by atoms with Crippen molar-refractivity contribution in [2.24, 2.45) is 11.7 Å². The highest BCUT2D eigenvalue weighted by Gasteiger charge is 2.38. The summed E-state index contributed by atoms with van der Waals surface area (Å²) in [6, 6.07) is 13.3. The molecular weight excluding hydrogens is 466 g/mol. The van der Waals surface area contributed by atoms with Crippen LogP contribution in [0.15, 0.2) is 59.5 Å². The van der Waals surface area contributed by atoms with E-state index in [4.69, 9.17) is 11.1 Å². The number of benzene rings is 2. The second kappa shape index (κ2) is 11.5. The molecule has 0 aromatic heterocycles. The Labute approximate surface area is 206 Å². The fourth-order valence-corrected chi connectivity index (χ4v) is 5.36. The standard InChI is InChI=1S/C25H33N5O4S/c1-17(2)15-21(29-35(33,34)20-7-4-3-5-8-20)25(32)30-14-6-9-22(30)24(31)28-16-18-10-12-19(13-11-18)23(26)27/h3-5,7-8,10-13,17,21-22,29H,6,9,14-16H2,1-2H3,(H3,26,27)(H,28,31)/t21-,22+/m1/s1. The molecule has 1 saturated heterocycles. The highest BCUT2D eigenvalue weighted by molar-refractivity contribution is 7.89. The maximum absolute atomic E-state index is 13.5. The molecule has 5 N–H and O–H groups in total. The van der Waals surface area contributed by atoms with Gasteiger partial charge in [0.05, 0.1) is 4.90 Å². The topological polar surface area (TPSA) is 145 Å². The maximum atomic E-state index is 13.5. The molecule has 9 nitrogen and oxygen atoms in total. The smallest absolute Gasteiger partial charge is 0.243 e. The first kappa shape index (κ1) is 26.4. The number of rotatable bonds is 10. The Hall–Kier alpha value is -3.24. The van der Waals surface area contributed by atoms with E-state index in [9.17, 15) is 18.0 Å². The van der Waals surface area contributed by atoms with Gasteiger partial charge in [-0.2, -0.15) is 4.72 Å². The van der Waals surface area contributed by atoms with Crippen LogP contribution < -0.4 is 15.8 Å². The first-order chi connectivity index (χ1) is 16.6. The zero-order chi connectivity index (χ0) is 25.6. The van der Waals surface area contributed by atoms with Crippen molar-refractivity contribution in [2.75, 3.05) is 6.54 Å². The number of likely N-dealkylation sites (tertiary alicyclic amines) is 1. The van der Waals surface area contributed by atoms with E-state index >= 15 is 0 Å². The number of nitrogens with one attached hydrogen (secondary N) is 3. The Morgan fingerprint density at radius 1 is 1.11 bits per heavy atom. The summed E-state index contributed by atoms with van der Waals surface area (Å²) in [5, 5.41) is 10.3. The minimum atomic E-state index is -3.90. The summed E-state index contributed by atoms with van der Waals surface area (Å²) < 4.78 is 28.4. The predicted octanol–water partition coefficient (Wildman–Crippen LogP) is 1.97. The summed E-state index contributed by atoms with van der Waals surface area (Å²) in [5.74, 6) is -0.628. The lowest BCUT2D eigenvalue weighted by Gasteiger charge is -2.29. The molecule has 0 saturated carbocycles. The molecule has 0 unspecified atom stereocenters. The SMILES string of the molecule is CC(C)C[C@@H](NS(=O)(=O)c1ccccc1)C(=O)N1CCC[C@H]1C(=O)NCc1ccc(C(=N)N)cc1. The number of hydrogen-bond donors (Lipinski definition) is 4. The molecule has 0 bridgehead atoms. The Morgan fingerprint density at radius 2 is 1.77 bits per heavy atom. The second-order valence-corrected chi connectivity index (χ2v) is 10.8. The molecule has 0 aliphatic carbocycles. The Balaban J connectivity index is 1.69. The zero-order valence-corrected chi connectivity index (χ0v) is 20.8. The number of amidine groups is 1. The van der Waals surface area contributed by atoms with E-state index in [1.54, 1.807) is 42.5 Å². The van der Waals surface area contributed by atoms with E-state index < -0.39 is 22.1 Å². The van der Waals surface area contributed by atoms with Crippen molar-refractivity contribution < 1.29 is 18.0 Å². The van der Waals surface area contributed by atoms with Gasteiger partial charge in [-0.15, -0.1) is 0 Å². The molecule has 3 rings (SSSR count). The van der Waals surface area contributed by atoms with Crippen LogP contribution in [0.25, 0.3) is 0 Å². The van der Waals surface area contributed by atoms with E-state index in [2.05, 4.69) is 10.0 Å². The third-order valence-corrected chi connectivity index (χ3v) is 7.41. The van der Waals surface area contributed by atoms with Gasteiger partial charge in [0, 0.05) is 18.7 Å². The van der Waals surface area contributed by atoms with Crippen LogP contribution in [0.2, 0.25) is 0 Å². The highest BCUT2D eigenvalue weighted by Crippen LogP contribution is 2.22. The van der Waals surface area contributed by atoms with Gasteiger partial charge in [-0.3, -0.25) is 15.0 Å². The second-order valence-electron chi connectivity index (χ2n) is 9.13. The van der Waals surface area contributed by atoms with Gasteiger partial charge in [0.2, 0.25) is 21.8 Å². The van der Waals surface area contributed by atoms with Gasteiger partial charge in [-0.05, 0) is 42.9 Å². The number of nitrogens with zero attached hydrogens (tertiary/aromatic N) is 1. The largest absolute Gasteiger partial charge is 0.384 e. The van der Waals surface area contributed by atoms with Crippen LogP contribution in [0.5, 0.6) is 0 Å². The van der Waals surface area contributed by atoms with Gasteiger partial charge in [0.15, 0.2) is 0 Å². The summed E-state index contributed by atoms with van der Waals surface area (Å²) in [6.07, 6.45) is 1.50. The number of sulfonamides is 1. The van der Waals surface area contributed by atoms with Crippen LogP contribution in [-0.2, 0) is 26.2 Å². The molecular formula is C25H33N5O4S. The van der Waals surface area contributed by atoms with Gasteiger partial charge in [-0.25, -0.2) is 8.42 Å². The quantitative estimate of drug-likeness (QED) is 0.292. The molecule has 2 aromatic carbocycles. The van der Waals surface area contributed by atoms with Crippen molar-refractivity contribution in [1.29, 1.82) is 5.41 Å². The summed E-state index contributed by atoms with van der Waals surface area (Å²) in [4.78, 5) is 28.0. The fourth-order valence-electron chi connectivity index (χ4n) is 4.14. The molecule has 2 amide bonds. The monoisotopic (exact) mass is 499 g/mol. The number of nitrogens with two attached hydrogens (primary N) is 1. The van der Waals surface area contributed by atoms with E-state index in [1.165, 1.54) is 17.0 Å². The third kappa shape index (κ3) is 6.89. The fraction of sp³-hybridized carbons (Fsp3) is 0.400. The predicted molar refractivity (Wildman–Crippen MR) is 134 cm³/mol. The molecule has 1 fully saturated rings. The molecule has 10 heteroatoms. The normalized spacial score (nSPS) is 16.8. The molecule has 35 heavy (non-hydrogen) atoms. The number of nitrogen functional groups attached to an aromatic ring is 1. The Morgan fingerprint density at radius 3 is 2.37 bits per heavy atom. The number of carbonyl (C=O) groups excluding carboxylic acids is 2. The minimum Gasteiger partial charge on any atom is -0.384 e. The first-order valence-electron chi connectivity index (χ1n) is 11.7. The average molecular weight is 500 g/mol. The van der Waals surface area contributed by atoms with Gasteiger partial charge in [0.25, 0.3) is 0 Å². The van der Waals surface area contributed by atoms with Crippen molar-refractivity contribution in [3.05, 3.63) is 65.7 Å². The summed E-state index contributed by atoms with van der Waals surface area (Å²) in [7, 11) is -3.90. The number of amides is 2. The average Bonchev–Trinajstić information content (AvgIpc) is 3.32. The van der Waals surface area contributed by atoms with Crippen LogP contribution in [0.1, 0.15) is 44.2 Å². The third-order valence-electron chi connectivity index (χ3n) is 5.93. The van der Waals surface area contributed by atoms with Crippen LogP contribution in [-0.4, -0.2) is 49.6 Å². The van der Waals surface area contributed by atoms with E-state index in [-0.39, 0.29) is 35.0 Å². The lowest BCUT2D eigenvalue weighted by molar-refractivity contribution is -0.140. The van der Waals surface area contributed by atoms with Crippen molar-refractivity contribution in [3.63, 3.8) is 0 Å². The molecule has 2 aromatic rings. The van der Waals surface area contributed by atoms with Gasteiger partial charge < -0.3 is 16.0 Å². The van der Waals surface area contributed by atoms with Crippen LogP contribution >= 0.6 is 0 Å². The first-order valence-corrected chi connectivity index (χ1v) is 13.2. The number of carbonyl (C=O) groups is 2. The van der Waals surface area contributed by atoms with Crippen LogP contribution in [0.4, 0.5) is 0 Å². The molecule has 188 valence electrons. The van der Waals surface area contributed by atoms with E-state index in [0.29, 0.717) is 31.4 Å². The van der Waals surface area contributed by atoms with Crippen molar-refractivity contribution >= 4 is 27.7 Å². The van der Waals surface area contributed by atoms with Gasteiger partial charge >= 0.3 is 0 Å². The molecule has 0 spiro atoms. The van der Waals surface area contributed by atoms with Crippen molar-refractivity contribution in [1.82, 2.24) is 14.9 Å². The maximum Gasteiger partial charge on any atom is 0.243 e. The summed E-state index contributed by atoms with van der Waals surface area (Å²) in [6.45, 7) is 4.50. The van der Waals surface area contributed by atoms with Gasteiger partial charge in [0.1, 0.15) is 17.9 Å². The van der Waals surface area contributed by atoms with Crippen LogP contribution in [0.3, 0.4) is 0 Å². The lowest BCUT2D eigenvalue weighted by atomic mass is 10.0. The molecule has 1 aliphatic heterocycles. The lowest BCUT2D eigenvalue weighted by Crippen LogP contribution is -2.53. The summed E-state index contributed by atoms with van der Waals surface area (Å²) >= 11 is 0. The molecule has 1 heterocycles. The summed E-state index contributed by atoms with van der Waals surface area (Å²) in [5.41, 5.74) is 6.91. The minimum absolute atomic E-state index is 0.0282. The molecule has 0 radical (unpaired) electrons. The van der Waals surface area contributed by atoms with Gasteiger partial charge in [-0.1, -0.05) is 56.3 Å². The molecule has 1 aliphatic rings. The van der Waals surface area contributed by atoms with Crippen molar-refractivity contribution in [3.8, 4) is 0 Å². The Bertz CT molecular complexity index is 1150.